The van der Waals surface area contributed by atoms with Crippen molar-refractivity contribution in [3.63, 3.8) is 0 Å². The molecule has 0 aliphatic carbocycles. The zero-order valence-corrected chi connectivity index (χ0v) is 17.8. The van der Waals surface area contributed by atoms with Crippen LogP contribution in [-0.2, 0) is 0 Å². The summed E-state index contributed by atoms with van der Waals surface area (Å²) < 4.78 is 46.0. The third-order valence-electron chi connectivity index (χ3n) is 4.80. The maximum absolute atomic E-state index is 12.9. The van der Waals surface area contributed by atoms with E-state index in [2.05, 4.69) is 20.0 Å². The van der Waals surface area contributed by atoms with Crippen molar-refractivity contribution in [1.82, 2.24) is 9.97 Å². The van der Waals surface area contributed by atoms with Crippen molar-refractivity contribution in [1.29, 1.82) is 0 Å². The van der Waals surface area contributed by atoms with Crippen LogP contribution in [0.5, 0.6) is 11.6 Å². The Labute approximate surface area is 193 Å². The Hall–Kier alpha value is -4.40. The average Bonchev–Trinajstić information content (AvgIpc) is 2.84. The Morgan fingerprint density at radius 2 is 1.62 bits per heavy atom. The van der Waals surface area contributed by atoms with Gasteiger partial charge in [0, 0.05) is 40.8 Å². The van der Waals surface area contributed by atoms with Gasteiger partial charge in [-0.3, -0.25) is 9.78 Å². The number of methoxy groups -OCH3 is 1. The number of pyridine rings is 2. The number of amides is 1. The van der Waals surface area contributed by atoms with E-state index in [4.69, 9.17) is 4.74 Å². The molecule has 4 rings (SSSR count). The molecule has 2 heterocycles. The Kier molecular flexibility index (Phi) is 6.44. The van der Waals surface area contributed by atoms with Crippen LogP contribution in [-0.4, -0.2) is 29.3 Å². The van der Waals surface area contributed by atoms with Crippen LogP contribution in [0.25, 0.3) is 22.4 Å². The molecule has 4 aromatic rings. The summed E-state index contributed by atoms with van der Waals surface area (Å²) in [7, 11) is 1.52. The van der Waals surface area contributed by atoms with E-state index < -0.39 is 12.3 Å². The lowest BCUT2D eigenvalue weighted by molar-refractivity contribution is -0.274. The van der Waals surface area contributed by atoms with Crippen LogP contribution in [0.1, 0.15) is 10.4 Å². The van der Waals surface area contributed by atoms with E-state index in [1.807, 2.05) is 36.4 Å². The van der Waals surface area contributed by atoms with Gasteiger partial charge in [0.2, 0.25) is 5.88 Å². The van der Waals surface area contributed by atoms with E-state index in [-0.39, 0.29) is 11.3 Å². The number of carbonyl (C=O) groups is 1. The molecule has 0 spiro atoms. The largest absolute Gasteiger partial charge is 0.573 e. The molecule has 1 N–H and O–H groups in total. The fourth-order valence-electron chi connectivity index (χ4n) is 3.24. The molecule has 2 aromatic carbocycles. The lowest BCUT2D eigenvalue weighted by atomic mass is 9.99. The molecule has 0 saturated heterocycles. The SMILES string of the molecule is COc1ccc(-c2cc(C(=O)Nc3ccc(OC(F)(F)F)cc3)cnc2-c2ccccc2)cn1. The number of benzene rings is 2. The minimum atomic E-state index is -4.79. The molecule has 0 radical (unpaired) electrons. The van der Waals surface area contributed by atoms with Crippen molar-refractivity contribution in [2.45, 2.75) is 6.36 Å². The molecular formula is C25H18F3N3O3. The normalized spacial score (nSPS) is 11.1. The molecule has 1 amide bonds. The van der Waals surface area contributed by atoms with Gasteiger partial charge >= 0.3 is 6.36 Å². The van der Waals surface area contributed by atoms with Crippen LogP contribution in [0.3, 0.4) is 0 Å². The lowest BCUT2D eigenvalue weighted by Crippen LogP contribution is -2.17. The molecule has 34 heavy (non-hydrogen) atoms. The number of rotatable bonds is 6. The maximum atomic E-state index is 12.9. The predicted molar refractivity (Wildman–Crippen MR) is 121 cm³/mol. The topological polar surface area (TPSA) is 73.3 Å². The Morgan fingerprint density at radius 1 is 0.882 bits per heavy atom. The number of anilines is 1. The third-order valence-corrected chi connectivity index (χ3v) is 4.80. The molecule has 2 aromatic heterocycles. The molecule has 0 unspecified atom stereocenters. The standard InChI is InChI=1S/C25H18F3N3O3/c1-33-22-12-7-17(14-29-22)21-13-18(15-30-23(21)16-5-3-2-4-6-16)24(32)31-19-8-10-20(11-9-19)34-25(26,27)28/h2-15H,1H3,(H,31,32). The highest BCUT2D eigenvalue weighted by molar-refractivity contribution is 6.05. The maximum Gasteiger partial charge on any atom is 0.573 e. The quantitative estimate of drug-likeness (QED) is 0.380. The summed E-state index contributed by atoms with van der Waals surface area (Å²) in [6.45, 7) is 0. The van der Waals surface area contributed by atoms with Gasteiger partial charge in [-0.25, -0.2) is 4.98 Å². The first-order valence-corrected chi connectivity index (χ1v) is 10.1. The minimum Gasteiger partial charge on any atom is -0.481 e. The number of carbonyl (C=O) groups excluding carboxylic acids is 1. The summed E-state index contributed by atoms with van der Waals surface area (Å²) in [4.78, 5) is 21.6. The number of halogens is 3. The summed E-state index contributed by atoms with van der Waals surface area (Å²) in [6.07, 6.45) is -1.72. The summed E-state index contributed by atoms with van der Waals surface area (Å²) in [5.74, 6) is -0.405. The Morgan fingerprint density at radius 3 is 2.24 bits per heavy atom. The zero-order valence-electron chi connectivity index (χ0n) is 17.8. The summed E-state index contributed by atoms with van der Waals surface area (Å²) in [5.41, 5.74) is 3.51. The fraction of sp³-hybridized carbons (Fsp3) is 0.0800. The van der Waals surface area contributed by atoms with Crippen molar-refractivity contribution in [3.8, 4) is 34.0 Å². The van der Waals surface area contributed by atoms with E-state index >= 15 is 0 Å². The van der Waals surface area contributed by atoms with Gasteiger partial charge in [0.1, 0.15) is 5.75 Å². The number of aromatic nitrogens is 2. The van der Waals surface area contributed by atoms with Crippen LogP contribution < -0.4 is 14.8 Å². The molecule has 0 atom stereocenters. The molecule has 0 bridgehead atoms. The summed E-state index contributed by atoms with van der Waals surface area (Å²) >= 11 is 0. The van der Waals surface area contributed by atoms with E-state index in [1.54, 1.807) is 18.3 Å². The van der Waals surface area contributed by atoms with Gasteiger partial charge in [0.25, 0.3) is 5.91 Å². The van der Waals surface area contributed by atoms with Gasteiger partial charge in [0.05, 0.1) is 18.4 Å². The van der Waals surface area contributed by atoms with Gasteiger partial charge in [-0.15, -0.1) is 13.2 Å². The van der Waals surface area contributed by atoms with Crippen molar-refractivity contribution < 1.29 is 27.4 Å². The lowest BCUT2D eigenvalue weighted by Gasteiger charge is -2.13. The molecule has 0 aliphatic heterocycles. The molecular weight excluding hydrogens is 447 g/mol. The van der Waals surface area contributed by atoms with Crippen molar-refractivity contribution in [3.05, 3.63) is 90.8 Å². The minimum absolute atomic E-state index is 0.265. The monoisotopic (exact) mass is 465 g/mol. The first-order chi connectivity index (χ1) is 16.3. The number of ether oxygens (including phenoxy) is 2. The second-order valence-electron chi connectivity index (χ2n) is 7.10. The van der Waals surface area contributed by atoms with Gasteiger partial charge in [-0.2, -0.15) is 0 Å². The number of alkyl halides is 3. The second kappa shape index (κ2) is 9.62. The first kappa shape index (κ1) is 22.8. The second-order valence-corrected chi connectivity index (χ2v) is 7.10. The fourth-order valence-corrected chi connectivity index (χ4v) is 3.24. The summed E-state index contributed by atoms with van der Waals surface area (Å²) in [5, 5.41) is 2.65. The Bertz CT molecular complexity index is 1280. The molecule has 0 aliphatic rings. The molecule has 0 fully saturated rings. The summed E-state index contributed by atoms with van der Waals surface area (Å²) in [6, 6.07) is 19.6. The smallest absolute Gasteiger partial charge is 0.481 e. The van der Waals surface area contributed by atoms with E-state index in [1.165, 1.54) is 25.4 Å². The predicted octanol–water partition coefficient (Wildman–Crippen LogP) is 5.97. The average molecular weight is 465 g/mol. The van der Waals surface area contributed by atoms with Gasteiger partial charge in [0.15, 0.2) is 0 Å². The van der Waals surface area contributed by atoms with Crippen LogP contribution in [0.2, 0.25) is 0 Å². The van der Waals surface area contributed by atoms with Crippen molar-refractivity contribution in [2.75, 3.05) is 12.4 Å². The molecule has 9 heteroatoms. The highest BCUT2D eigenvalue weighted by Gasteiger charge is 2.31. The van der Waals surface area contributed by atoms with Gasteiger partial charge in [-0.05, 0) is 36.4 Å². The zero-order chi connectivity index (χ0) is 24.1. The van der Waals surface area contributed by atoms with Gasteiger partial charge < -0.3 is 14.8 Å². The van der Waals surface area contributed by atoms with Crippen molar-refractivity contribution >= 4 is 11.6 Å². The Balaban J connectivity index is 1.63. The number of nitrogens with one attached hydrogen (secondary N) is 1. The highest BCUT2D eigenvalue weighted by Crippen LogP contribution is 2.32. The van der Waals surface area contributed by atoms with E-state index in [9.17, 15) is 18.0 Å². The number of nitrogens with zero attached hydrogens (tertiary/aromatic N) is 2. The first-order valence-electron chi connectivity index (χ1n) is 10.1. The third kappa shape index (κ3) is 5.50. The van der Waals surface area contributed by atoms with Crippen LogP contribution in [0, 0.1) is 0 Å². The molecule has 172 valence electrons. The number of hydrogen-bond acceptors (Lipinski definition) is 5. The van der Waals surface area contributed by atoms with E-state index in [0.717, 1.165) is 23.3 Å². The van der Waals surface area contributed by atoms with Crippen LogP contribution >= 0.6 is 0 Å². The molecule has 6 nitrogen and oxygen atoms in total. The number of hydrogen-bond donors (Lipinski definition) is 1. The molecule has 0 saturated carbocycles. The van der Waals surface area contributed by atoms with Crippen LogP contribution in [0.15, 0.2) is 85.2 Å². The van der Waals surface area contributed by atoms with Crippen LogP contribution in [0.4, 0.5) is 18.9 Å². The van der Waals surface area contributed by atoms with Crippen molar-refractivity contribution in [2.24, 2.45) is 0 Å². The highest BCUT2D eigenvalue weighted by atomic mass is 19.4. The van der Waals surface area contributed by atoms with Gasteiger partial charge in [-0.1, -0.05) is 30.3 Å². The van der Waals surface area contributed by atoms with E-state index in [0.29, 0.717) is 22.8 Å².